The molecule has 3 aromatic carbocycles. The minimum atomic E-state index is 0.129. The molecule has 0 unspecified atom stereocenters. The molecule has 0 radical (unpaired) electrons. The predicted octanol–water partition coefficient (Wildman–Crippen LogP) is 6.74. The van der Waals surface area contributed by atoms with Crippen molar-refractivity contribution in [2.45, 2.75) is 19.3 Å². The van der Waals surface area contributed by atoms with E-state index in [0.29, 0.717) is 33.4 Å². The fourth-order valence-corrected chi connectivity index (χ4v) is 3.84. The van der Waals surface area contributed by atoms with Gasteiger partial charge < -0.3 is 4.98 Å². The fourth-order valence-electron chi connectivity index (χ4n) is 3.27. The first-order chi connectivity index (χ1) is 13.6. The Morgan fingerprint density at radius 2 is 1.68 bits per heavy atom. The van der Waals surface area contributed by atoms with Gasteiger partial charge in [-0.15, -0.1) is 0 Å². The van der Waals surface area contributed by atoms with E-state index in [1.165, 1.54) is 5.56 Å². The summed E-state index contributed by atoms with van der Waals surface area (Å²) in [5, 5.41) is 1.06. The van der Waals surface area contributed by atoms with Crippen LogP contribution in [0.15, 0.2) is 66.7 Å². The van der Waals surface area contributed by atoms with Crippen LogP contribution in [0.4, 0.5) is 0 Å². The molecular formula is C23H18Cl2N2O. The number of aromatic amines is 1. The van der Waals surface area contributed by atoms with Gasteiger partial charge in [0.15, 0.2) is 5.78 Å². The van der Waals surface area contributed by atoms with Crippen LogP contribution in [-0.4, -0.2) is 15.8 Å². The number of benzene rings is 3. The summed E-state index contributed by atoms with van der Waals surface area (Å²) in [7, 11) is 0. The van der Waals surface area contributed by atoms with Gasteiger partial charge in [0.05, 0.1) is 26.6 Å². The van der Waals surface area contributed by atoms with Gasteiger partial charge in [-0.05, 0) is 48.7 Å². The molecule has 140 valence electrons. The zero-order valence-corrected chi connectivity index (χ0v) is 16.6. The van der Waals surface area contributed by atoms with E-state index >= 15 is 0 Å². The zero-order valence-electron chi connectivity index (χ0n) is 15.1. The molecule has 1 heterocycles. The van der Waals surface area contributed by atoms with Crippen molar-refractivity contribution < 1.29 is 4.79 Å². The molecule has 0 fully saturated rings. The van der Waals surface area contributed by atoms with Crippen LogP contribution in [0.1, 0.15) is 28.8 Å². The fraction of sp³-hybridized carbons (Fsp3) is 0.130. The highest BCUT2D eigenvalue weighted by atomic mass is 35.5. The van der Waals surface area contributed by atoms with Crippen molar-refractivity contribution in [2.24, 2.45) is 0 Å². The number of carbonyl (C=O) groups is 1. The molecule has 0 aliphatic carbocycles. The molecule has 1 aromatic heterocycles. The smallest absolute Gasteiger partial charge is 0.162 e. The molecule has 3 nitrogen and oxygen atoms in total. The number of hydrogen-bond acceptors (Lipinski definition) is 2. The lowest BCUT2D eigenvalue weighted by Crippen LogP contribution is -2.00. The van der Waals surface area contributed by atoms with E-state index in [9.17, 15) is 4.79 Å². The lowest BCUT2D eigenvalue weighted by Gasteiger charge is -2.03. The SMILES string of the molecule is O=C(CCCc1ccccc1)c1ccc2nc(-c3c(Cl)cccc3Cl)[nH]c2c1. The summed E-state index contributed by atoms with van der Waals surface area (Å²) in [6.45, 7) is 0. The first kappa shape index (κ1) is 18.7. The molecular weight excluding hydrogens is 391 g/mol. The van der Waals surface area contributed by atoms with E-state index in [2.05, 4.69) is 22.1 Å². The first-order valence-electron chi connectivity index (χ1n) is 9.13. The van der Waals surface area contributed by atoms with Gasteiger partial charge in [-0.2, -0.15) is 0 Å². The summed E-state index contributed by atoms with van der Waals surface area (Å²) < 4.78 is 0. The Kier molecular flexibility index (Phi) is 5.47. The van der Waals surface area contributed by atoms with Crippen LogP contribution in [0.25, 0.3) is 22.4 Å². The maximum atomic E-state index is 12.6. The number of hydrogen-bond donors (Lipinski definition) is 1. The Morgan fingerprint density at radius 3 is 2.43 bits per heavy atom. The van der Waals surface area contributed by atoms with Crippen molar-refractivity contribution in [2.75, 3.05) is 0 Å². The second kappa shape index (κ2) is 8.17. The number of nitrogens with zero attached hydrogens (tertiary/aromatic N) is 1. The molecule has 0 aliphatic heterocycles. The van der Waals surface area contributed by atoms with Crippen LogP contribution in [0.3, 0.4) is 0 Å². The van der Waals surface area contributed by atoms with Crippen LogP contribution in [0.5, 0.6) is 0 Å². The number of ketones is 1. The molecule has 5 heteroatoms. The molecule has 0 saturated carbocycles. The van der Waals surface area contributed by atoms with Crippen LogP contribution in [0.2, 0.25) is 10.0 Å². The number of aryl methyl sites for hydroxylation is 1. The van der Waals surface area contributed by atoms with Gasteiger partial charge in [-0.25, -0.2) is 4.98 Å². The van der Waals surface area contributed by atoms with Crippen molar-refractivity contribution in [3.8, 4) is 11.4 Å². The van der Waals surface area contributed by atoms with Gasteiger partial charge in [0, 0.05) is 12.0 Å². The summed E-state index contributed by atoms with van der Waals surface area (Å²) in [6, 6.07) is 21.1. The van der Waals surface area contributed by atoms with E-state index in [0.717, 1.165) is 23.9 Å². The van der Waals surface area contributed by atoms with E-state index in [1.807, 2.05) is 36.4 Å². The lowest BCUT2D eigenvalue weighted by molar-refractivity contribution is 0.0980. The molecule has 4 rings (SSSR count). The van der Waals surface area contributed by atoms with Crippen LogP contribution >= 0.6 is 23.2 Å². The number of Topliss-reactive ketones (excluding diaryl/α,β-unsaturated/α-hetero) is 1. The molecule has 0 amide bonds. The van der Waals surface area contributed by atoms with Gasteiger partial charge >= 0.3 is 0 Å². The summed E-state index contributed by atoms with van der Waals surface area (Å²) in [5.41, 5.74) is 4.16. The average molecular weight is 409 g/mol. The normalized spacial score (nSPS) is 11.1. The molecule has 0 bridgehead atoms. The Bertz CT molecular complexity index is 1120. The first-order valence-corrected chi connectivity index (χ1v) is 9.89. The largest absolute Gasteiger partial charge is 0.338 e. The molecule has 0 spiro atoms. The van der Waals surface area contributed by atoms with E-state index in [4.69, 9.17) is 23.2 Å². The minimum absolute atomic E-state index is 0.129. The molecule has 0 saturated heterocycles. The number of rotatable bonds is 6. The van der Waals surface area contributed by atoms with Gasteiger partial charge in [0.1, 0.15) is 5.82 Å². The zero-order chi connectivity index (χ0) is 19.5. The predicted molar refractivity (Wildman–Crippen MR) is 115 cm³/mol. The third-order valence-electron chi connectivity index (χ3n) is 4.72. The van der Waals surface area contributed by atoms with Crippen molar-refractivity contribution in [1.82, 2.24) is 9.97 Å². The summed E-state index contributed by atoms with van der Waals surface area (Å²) >= 11 is 12.6. The summed E-state index contributed by atoms with van der Waals surface area (Å²) in [6.07, 6.45) is 2.23. The monoisotopic (exact) mass is 408 g/mol. The number of carbonyl (C=O) groups excluding carboxylic acids is 1. The van der Waals surface area contributed by atoms with Crippen molar-refractivity contribution in [3.63, 3.8) is 0 Å². The Morgan fingerprint density at radius 1 is 0.929 bits per heavy atom. The highest BCUT2D eigenvalue weighted by Crippen LogP contribution is 2.34. The molecule has 1 N–H and O–H groups in total. The molecule has 28 heavy (non-hydrogen) atoms. The van der Waals surface area contributed by atoms with Crippen LogP contribution in [-0.2, 0) is 6.42 Å². The molecule has 0 atom stereocenters. The lowest BCUT2D eigenvalue weighted by atomic mass is 10.0. The van der Waals surface area contributed by atoms with Crippen molar-refractivity contribution in [3.05, 3.63) is 87.9 Å². The van der Waals surface area contributed by atoms with Gasteiger partial charge in [-0.3, -0.25) is 4.79 Å². The number of aromatic nitrogens is 2. The highest BCUT2D eigenvalue weighted by Gasteiger charge is 2.14. The molecule has 0 aliphatic rings. The van der Waals surface area contributed by atoms with E-state index < -0.39 is 0 Å². The van der Waals surface area contributed by atoms with E-state index in [-0.39, 0.29) is 5.78 Å². The van der Waals surface area contributed by atoms with Gasteiger partial charge in [-0.1, -0.05) is 59.6 Å². The number of imidazole rings is 1. The standard InChI is InChI=1S/C23H18Cl2N2O/c24-17-9-5-10-18(25)22(17)23-26-19-13-12-16(14-20(19)27-23)21(28)11-4-8-15-6-2-1-3-7-15/h1-3,5-7,9-10,12-14H,4,8,11H2,(H,26,27). The van der Waals surface area contributed by atoms with Crippen molar-refractivity contribution in [1.29, 1.82) is 0 Å². The third kappa shape index (κ3) is 3.96. The topological polar surface area (TPSA) is 45.8 Å². The third-order valence-corrected chi connectivity index (χ3v) is 5.35. The molecule has 4 aromatic rings. The van der Waals surface area contributed by atoms with Gasteiger partial charge in [0.25, 0.3) is 0 Å². The summed E-state index contributed by atoms with van der Waals surface area (Å²) in [5.74, 6) is 0.726. The number of nitrogens with one attached hydrogen (secondary N) is 1. The second-order valence-electron chi connectivity index (χ2n) is 6.68. The quantitative estimate of drug-likeness (QED) is 0.359. The maximum absolute atomic E-state index is 12.6. The minimum Gasteiger partial charge on any atom is -0.338 e. The number of H-pyrrole nitrogens is 1. The highest BCUT2D eigenvalue weighted by molar-refractivity contribution is 6.39. The van der Waals surface area contributed by atoms with E-state index in [1.54, 1.807) is 18.2 Å². The van der Waals surface area contributed by atoms with Crippen LogP contribution in [0, 0.1) is 0 Å². The average Bonchev–Trinajstić information content (AvgIpc) is 3.11. The Hall–Kier alpha value is -2.62. The maximum Gasteiger partial charge on any atom is 0.162 e. The Balaban J connectivity index is 1.52. The second-order valence-corrected chi connectivity index (χ2v) is 7.49. The number of fused-ring (bicyclic) bond motifs is 1. The van der Waals surface area contributed by atoms with Gasteiger partial charge in [0.2, 0.25) is 0 Å². The summed E-state index contributed by atoms with van der Waals surface area (Å²) in [4.78, 5) is 20.4. The van der Waals surface area contributed by atoms with Crippen LogP contribution < -0.4 is 0 Å². The number of halogens is 2. The Labute approximate surface area is 173 Å². The van der Waals surface area contributed by atoms with Crippen molar-refractivity contribution >= 4 is 40.0 Å².